The van der Waals surface area contributed by atoms with E-state index in [9.17, 15) is 18.4 Å². The standard InChI is InChI=1S/C23H21F2NO4/c1-13(15-7-8-17-12-18(29-3)10-9-16(17)11-15)23(28)30-14(2)22(27)26-21-19(24)5-4-6-20(21)25/h4-14H,1-3H3,(H,26,27)/t13-,14+/m0/s1. The van der Waals surface area contributed by atoms with Crippen LogP contribution in [0, 0.1) is 11.6 Å². The van der Waals surface area contributed by atoms with Crippen molar-refractivity contribution in [2.75, 3.05) is 12.4 Å². The summed E-state index contributed by atoms with van der Waals surface area (Å²) in [6, 6.07) is 14.3. The third-order valence-electron chi connectivity index (χ3n) is 4.80. The summed E-state index contributed by atoms with van der Waals surface area (Å²) in [6.07, 6.45) is -1.23. The summed E-state index contributed by atoms with van der Waals surface area (Å²) >= 11 is 0. The third-order valence-corrected chi connectivity index (χ3v) is 4.80. The van der Waals surface area contributed by atoms with E-state index in [-0.39, 0.29) is 0 Å². The van der Waals surface area contributed by atoms with Gasteiger partial charge in [-0.2, -0.15) is 0 Å². The van der Waals surface area contributed by atoms with E-state index < -0.39 is 41.2 Å². The van der Waals surface area contributed by atoms with Crippen molar-refractivity contribution >= 4 is 28.3 Å². The topological polar surface area (TPSA) is 64.6 Å². The van der Waals surface area contributed by atoms with Crippen molar-refractivity contribution in [3.8, 4) is 5.75 Å². The lowest BCUT2D eigenvalue weighted by molar-refractivity contribution is -0.154. The second-order valence-electron chi connectivity index (χ2n) is 6.86. The first-order chi connectivity index (χ1) is 14.3. The number of hydrogen-bond donors (Lipinski definition) is 1. The van der Waals surface area contributed by atoms with Crippen LogP contribution in [0.5, 0.6) is 5.75 Å². The highest BCUT2D eigenvalue weighted by molar-refractivity contribution is 5.96. The van der Waals surface area contributed by atoms with Crippen molar-refractivity contribution in [3.05, 3.63) is 71.8 Å². The molecule has 0 aromatic heterocycles. The van der Waals surface area contributed by atoms with Gasteiger partial charge in [0, 0.05) is 0 Å². The van der Waals surface area contributed by atoms with Crippen molar-refractivity contribution in [1.29, 1.82) is 0 Å². The van der Waals surface area contributed by atoms with Crippen LogP contribution < -0.4 is 10.1 Å². The van der Waals surface area contributed by atoms with Crippen LogP contribution in [0.2, 0.25) is 0 Å². The third kappa shape index (κ3) is 4.56. The molecule has 0 bridgehead atoms. The molecule has 0 spiro atoms. The zero-order chi connectivity index (χ0) is 21.8. The summed E-state index contributed by atoms with van der Waals surface area (Å²) in [7, 11) is 1.59. The minimum Gasteiger partial charge on any atom is -0.497 e. The molecule has 156 valence electrons. The van der Waals surface area contributed by atoms with Gasteiger partial charge < -0.3 is 14.8 Å². The molecule has 0 radical (unpaired) electrons. The van der Waals surface area contributed by atoms with Gasteiger partial charge in [-0.25, -0.2) is 8.78 Å². The monoisotopic (exact) mass is 413 g/mol. The summed E-state index contributed by atoms with van der Waals surface area (Å²) < 4.78 is 37.8. The van der Waals surface area contributed by atoms with Gasteiger partial charge >= 0.3 is 5.97 Å². The smallest absolute Gasteiger partial charge is 0.313 e. The van der Waals surface area contributed by atoms with Crippen molar-refractivity contribution in [3.63, 3.8) is 0 Å². The second-order valence-corrected chi connectivity index (χ2v) is 6.86. The largest absolute Gasteiger partial charge is 0.497 e. The van der Waals surface area contributed by atoms with Gasteiger partial charge in [0.1, 0.15) is 23.1 Å². The summed E-state index contributed by atoms with van der Waals surface area (Å²) in [5.74, 6) is -3.19. The van der Waals surface area contributed by atoms with E-state index in [1.165, 1.54) is 13.0 Å². The van der Waals surface area contributed by atoms with Crippen LogP contribution >= 0.6 is 0 Å². The number of hydrogen-bond acceptors (Lipinski definition) is 4. The van der Waals surface area contributed by atoms with E-state index in [1.807, 2.05) is 30.3 Å². The number of amides is 1. The average molecular weight is 413 g/mol. The maximum Gasteiger partial charge on any atom is 0.313 e. The van der Waals surface area contributed by atoms with Gasteiger partial charge in [0.05, 0.1) is 13.0 Å². The average Bonchev–Trinajstić information content (AvgIpc) is 2.74. The molecule has 5 nitrogen and oxygen atoms in total. The van der Waals surface area contributed by atoms with E-state index in [1.54, 1.807) is 20.1 Å². The van der Waals surface area contributed by atoms with Gasteiger partial charge in [-0.1, -0.05) is 30.3 Å². The summed E-state index contributed by atoms with van der Waals surface area (Å²) in [5.41, 5.74) is 0.133. The molecule has 30 heavy (non-hydrogen) atoms. The van der Waals surface area contributed by atoms with Gasteiger partial charge in [-0.05, 0) is 54.4 Å². The molecule has 0 saturated carbocycles. The molecule has 2 atom stereocenters. The highest BCUT2D eigenvalue weighted by atomic mass is 19.1. The zero-order valence-electron chi connectivity index (χ0n) is 16.7. The number of nitrogens with one attached hydrogen (secondary N) is 1. The number of fused-ring (bicyclic) bond motifs is 1. The molecule has 1 N–H and O–H groups in total. The fraction of sp³-hybridized carbons (Fsp3) is 0.217. The number of methoxy groups -OCH3 is 1. The van der Waals surface area contributed by atoms with Crippen LogP contribution in [-0.4, -0.2) is 25.1 Å². The predicted octanol–water partition coefficient (Wildman–Crippen LogP) is 4.80. The Hall–Kier alpha value is -3.48. The first-order valence-electron chi connectivity index (χ1n) is 9.33. The maximum atomic E-state index is 13.7. The minimum absolute atomic E-state index is 0.580. The Labute approximate surface area is 172 Å². The van der Waals surface area contributed by atoms with Crippen molar-refractivity contribution < 1.29 is 27.8 Å². The number of rotatable bonds is 6. The van der Waals surface area contributed by atoms with Crippen molar-refractivity contribution in [2.24, 2.45) is 0 Å². The molecule has 1 amide bonds. The molecule has 3 rings (SSSR count). The maximum absolute atomic E-state index is 13.7. The number of benzene rings is 3. The van der Waals surface area contributed by atoms with E-state index in [2.05, 4.69) is 5.32 Å². The van der Waals surface area contributed by atoms with E-state index in [0.29, 0.717) is 5.56 Å². The second kappa shape index (κ2) is 8.90. The molecule has 3 aromatic rings. The van der Waals surface area contributed by atoms with Crippen LogP contribution in [-0.2, 0) is 14.3 Å². The van der Waals surface area contributed by atoms with Gasteiger partial charge in [-0.3, -0.25) is 9.59 Å². The van der Waals surface area contributed by atoms with Gasteiger partial charge in [0.15, 0.2) is 6.10 Å². The zero-order valence-corrected chi connectivity index (χ0v) is 16.7. The quantitative estimate of drug-likeness (QED) is 0.590. The van der Waals surface area contributed by atoms with Crippen LogP contribution in [0.15, 0.2) is 54.6 Å². The fourth-order valence-corrected chi connectivity index (χ4v) is 2.95. The summed E-state index contributed by atoms with van der Waals surface area (Å²) in [6.45, 7) is 3.00. The molecule has 0 fully saturated rings. The molecule has 0 aliphatic rings. The highest BCUT2D eigenvalue weighted by Gasteiger charge is 2.24. The molecule has 3 aromatic carbocycles. The van der Waals surface area contributed by atoms with E-state index in [4.69, 9.17) is 9.47 Å². The SMILES string of the molecule is COc1ccc2cc([C@H](C)C(=O)O[C@H](C)C(=O)Nc3c(F)cccc3F)ccc2c1. The van der Waals surface area contributed by atoms with Gasteiger partial charge in [0.25, 0.3) is 5.91 Å². The number of halogens is 2. The molecule has 0 heterocycles. The Morgan fingerprint density at radius 3 is 2.23 bits per heavy atom. The number of carbonyl (C=O) groups is 2. The highest BCUT2D eigenvalue weighted by Crippen LogP contribution is 2.26. The lowest BCUT2D eigenvalue weighted by Gasteiger charge is -2.17. The first-order valence-corrected chi connectivity index (χ1v) is 9.33. The summed E-state index contributed by atoms with van der Waals surface area (Å²) in [5, 5.41) is 4.00. The molecule has 7 heteroatoms. The van der Waals surface area contributed by atoms with Crippen molar-refractivity contribution in [2.45, 2.75) is 25.9 Å². The summed E-state index contributed by atoms with van der Waals surface area (Å²) in [4.78, 5) is 24.7. The lowest BCUT2D eigenvalue weighted by atomic mass is 9.98. The Morgan fingerprint density at radius 2 is 1.57 bits per heavy atom. The molecular weight excluding hydrogens is 392 g/mol. The Kier molecular flexibility index (Phi) is 6.30. The molecule has 0 unspecified atom stereocenters. The van der Waals surface area contributed by atoms with Crippen LogP contribution in [0.25, 0.3) is 10.8 Å². The van der Waals surface area contributed by atoms with Crippen LogP contribution in [0.3, 0.4) is 0 Å². The van der Waals surface area contributed by atoms with E-state index >= 15 is 0 Å². The van der Waals surface area contributed by atoms with Gasteiger partial charge in [0.2, 0.25) is 0 Å². The normalized spacial score (nSPS) is 12.8. The Morgan fingerprint density at radius 1 is 0.933 bits per heavy atom. The number of carbonyl (C=O) groups excluding carboxylic acids is 2. The fourth-order valence-electron chi connectivity index (χ4n) is 2.95. The van der Waals surface area contributed by atoms with Crippen LogP contribution in [0.1, 0.15) is 25.3 Å². The molecule has 0 aliphatic carbocycles. The van der Waals surface area contributed by atoms with Gasteiger partial charge in [-0.15, -0.1) is 0 Å². The predicted molar refractivity (Wildman–Crippen MR) is 109 cm³/mol. The first kappa shape index (κ1) is 21.2. The molecule has 0 saturated heterocycles. The lowest BCUT2D eigenvalue weighted by Crippen LogP contribution is -2.32. The number of ether oxygens (including phenoxy) is 2. The van der Waals surface area contributed by atoms with Crippen LogP contribution in [0.4, 0.5) is 14.5 Å². The molecule has 0 aliphatic heterocycles. The number of para-hydroxylation sites is 1. The number of anilines is 1. The minimum atomic E-state index is -1.23. The number of esters is 1. The van der Waals surface area contributed by atoms with E-state index in [0.717, 1.165) is 28.7 Å². The Bertz CT molecular complexity index is 1080. The molecular formula is C23H21F2NO4. The Balaban J connectivity index is 1.68. The van der Waals surface area contributed by atoms with Crippen molar-refractivity contribution in [1.82, 2.24) is 0 Å².